The van der Waals surface area contributed by atoms with Crippen LogP contribution in [0, 0.1) is 6.92 Å². The van der Waals surface area contributed by atoms with Crippen molar-refractivity contribution in [3.8, 4) is 5.75 Å². The van der Waals surface area contributed by atoms with Crippen molar-refractivity contribution in [3.63, 3.8) is 0 Å². The Labute approximate surface area is 115 Å². The summed E-state index contributed by atoms with van der Waals surface area (Å²) in [5.74, 6) is 0.885. The van der Waals surface area contributed by atoms with Crippen LogP contribution in [0.4, 0.5) is 0 Å². The maximum absolute atomic E-state index is 6.23. The van der Waals surface area contributed by atoms with Gasteiger partial charge in [0.05, 0.1) is 7.11 Å². The normalized spacial score (nSPS) is 12.2. The number of ether oxygens (including phenoxy) is 1. The maximum Gasteiger partial charge on any atom is 0.118 e. The zero-order valence-corrected chi connectivity index (χ0v) is 11.6. The van der Waals surface area contributed by atoms with Crippen LogP contribution in [0.3, 0.4) is 0 Å². The standard InChI is InChI=1S/C17H21NO/c1-13-4-3-5-15(10-13)12-16(18)11-14-6-8-17(19-2)9-7-14/h3-10,16H,11-12,18H2,1-2H3. The van der Waals surface area contributed by atoms with Crippen molar-refractivity contribution >= 4 is 0 Å². The molecule has 0 aliphatic carbocycles. The van der Waals surface area contributed by atoms with Crippen LogP contribution in [-0.2, 0) is 12.8 Å². The van der Waals surface area contributed by atoms with Gasteiger partial charge < -0.3 is 10.5 Å². The minimum atomic E-state index is 0.148. The summed E-state index contributed by atoms with van der Waals surface area (Å²) in [4.78, 5) is 0. The van der Waals surface area contributed by atoms with Crippen molar-refractivity contribution in [2.75, 3.05) is 7.11 Å². The summed E-state index contributed by atoms with van der Waals surface area (Å²) in [5, 5.41) is 0. The molecule has 0 spiro atoms. The topological polar surface area (TPSA) is 35.2 Å². The zero-order chi connectivity index (χ0) is 13.7. The van der Waals surface area contributed by atoms with E-state index in [0.29, 0.717) is 0 Å². The summed E-state index contributed by atoms with van der Waals surface area (Å²) in [6.45, 7) is 2.11. The Morgan fingerprint density at radius 1 is 1.00 bits per heavy atom. The molecular weight excluding hydrogens is 234 g/mol. The van der Waals surface area contributed by atoms with Gasteiger partial charge in [-0.15, -0.1) is 0 Å². The lowest BCUT2D eigenvalue weighted by atomic mass is 9.99. The molecule has 0 radical (unpaired) electrons. The molecule has 0 bridgehead atoms. The minimum Gasteiger partial charge on any atom is -0.497 e. The van der Waals surface area contributed by atoms with Gasteiger partial charge in [0.15, 0.2) is 0 Å². The summed E-state index contributed by atoms with van der Waals surface area (Å²) in [6, 6.07) is 16.8. The van der Waals surface area contributed by atoms with E-state index in [9.17, 15) is 0 Å². The van der Waals surface area contributed by atoms with Crippen molar-refractivity contribution < 1.29 is 4.74 Å². The summed E-state index contributed by atoms with van der Waals surface area (Å²) >= 11 is 0. The predicted octanol–water partition coefficient (Wildman–Crippen LogP) is 3.12. The van der Waals surface area contributed by atoms with E-state index < -0.39 is 0 Å². The van der Waals surface area contributed by atoms with Crippen LogP contribution in [-0.4, -0.2) is 13.2 Å². The summed E-state index contributed by atoms with van der Waals surface area (Å²) in [5.41, 5.74) is 10.1. The summed E-state index contributed by atoms with van der Waals surface area (Å²) in [6.07, 6.45) is 1.80. The van der Waals surface area contributed by atoms with E-state index in [0.717, 1.165) is 18.6 Å². The first-order valence-corrected chi connectivity index (χ1v) is 6.61. The van der Waals surface area contributed by atoms with E-state index in [4.69, 9.17) is 10.5 Å². The third-order valence-electron chi connectivity index (χ3n) is 3.24. The molecule has 1 unspecified atom stereocenters. The number of rotatable bonds is 5. The number of nitrogens with two attached hydrogens (primary N) is 1. The second kappa shape index (κ2) is 6.39. The highest BCUT2D eigenvalue weighted by molar-refractivity contribution is 5.28. The van der Waals surface area contributed by atoms with Gasteiger partial charge in [0.25, 0.3) is 0 Å². The molecule has 2 heteroatoms. The van der Waals surface area contributed by atoms with Crippen LogP contribution < -0.4 is 10.5 Å². The average molecular weight is 255 g/mol. The summed E-state index contributed by atoms with van der Waals surface area (Å²) < 4.78 is 5.15. The third kappa shape index (κ3) is 4.11. The largest absolute Gasteiger partial charge is 0.497 e. The monoisotopic (exact) mass is 255 g/mol. The van der Waals surface area contributed by atoms with E-state index in [1.807, 2.05) is 12.1 Å². The lowest BCUT2D eigenvalue weighted by Gasteiger charge is -2.12. The molecule has 0 aliphatic heterocycles. The Morgan fingerprint density at radius 3 is 2.32 bits per heavy atom. The van der Waals surface area contributed by atoms with E-state index in [1.54, 1.807) is 7.11 Å². The Kier molecular flexibility index (Phi) is 4.58. The van der Waals surface area contributed by atoms with Gasteiger partial charge in [-0.1, -0.05) is 42.0 Å². The zero-order valence-electron chi connectivity index (χ0n) is 11.6. The molecule has 0 heterocycles. The Bertz CT molecular complexity index is 519. The molecule has 0 fully saturated rings. The highest BCUT2D eigenvalue weighted by Gasteiger charge is 2.06. The lowest BCUT2D eigenvalue weighted by molar-refractivity contribution is 0.414. The number of methoxy groups -OCH3 is 1. The van der Waals surface area contributed by atoms with E-state index in [1.165, 1.54) is 16.7 Å². The molecule has 0 saturated heterocycles. The van der Waals surface area contributed by atoms with Gasteiger partial charge in [-0.3, -0.25) is 0 Å². The molecular formula is C17H21NO. The van der Waals surface area contributed by atoms with Crippen molar-refractivity contribution in [2.24, 2.45) is 5.73 Å². The van der Waals surface area contributed by atoms with E-state index in [-0.39, 0.29) is 6.04 Å². The third-order valence-corrected chi connectivity index (χ3v) is 3.24. The smallest absolute Gasteiger partial charge is 0.118 e. The van der Waals surface area contributed by atoms with Gasteiger partial charge >= 0.3 is 0 Å². The molecule has 2 aromatic carbocycles. The second-order valence-corrected chi connectivity index (χ2v) is 5.01. The fourth-order valence-electron chi connectivity index (χ4n) is 2.28. The van der Waals surface area contributed by atoms with Crippen LogP contribution >= 0.6 is 0 Å². The van der Waals surface area contributed by atoms with Crippen molar-refractivity contribution in [1.82, 2.24) is 0 Å². The van der Waals surface area contributed by atoms with Crippen LogP contribution in [0.5, 0.6) is 5.75 Å². The molecule has 2 aromatic rings. The fraction of sp³-hybridized carbons (Fsp3) is 0.294. The van der Waals surface area contributed by atoms with Gasteiger partial charge in [-0.25, -0.2) is 0 Å². The van der Waals surface area contributed by atoms with Gasteiger partial charge in [0.1, 0.15) is 5.75 Å². The predicted molar refractivity (Wildman–Crippen MR) is 79.6 cm³/mol. The Balaban J connectivity index is 1.95. The Morgan fingerprint density at radius 2 is 1.68 bits per heavy atom. The first-order valence-electron chi connectivity index (χ1n) is 6.61. The lowest BCUT2D eigenvalue weighted by Crippen LogP contribution is -2.25. The fourth-order valence-corrected chi connectivity index (χ4v) is 2.28. The van der Waals surface area contributed by atoms with Gasteiger partial charge in [0.2, 0.25) is 0 Å². The first-order chi connectivity index (χ1) is 9.17. The van der Waals surface area contributed by atoms with Crippen molar-refractivity contribution in [3.05, 3.63) is 65.2 Å². The highest BCUT2D eigenvalue weighted by atomic mass is 16.5. The van der Waals surface area contributed by atoms with Gasteiger partial charge in [-0.2, -0.15) is 0 Å². The van der Waals surface area contributed by atoms with E-state index >= 15 is 0 Å². The quantitative estimate of drug-likeness (QED) is 0.891. The number of benzene rings is 2. The van der Waals surface area contributed by atoms with Gasteiger partial charge in [0, 0.05) is 6.04 Å². The van der Waals surface area contributed by atoms with E-state index in [2.05, 4.69) is 43.3 Å². The van der Waals surface area contributed by atoms with Crippen molar-refractivity contribution in [2.45, 2.75) is 25.8 Å². The molecule has 0 saturated carbocycles. The highest BCUT2D eigenvalue weighted by Crippen LogP contribution is 2.14. The molecule has 19 heavy (non-hydrogen) atoms. The van der Waals surface area contributed by atoms with Crippen LogP contribution in [0.25, 0.3) is 0 Å². The van der Waals surface area contributed by atoms with Crippen LogP contribution in [0.2, 0.25) is 0 Å². The second-order valence-electron chi connectivity index (χ2n) is 5.01. The average Bonchev–Trinajstić information content (AvgIpc) is 2.39. The Hall–Kier alpha value is -1.80. The van der Waals surface area contributed by atoms with Crippen molar-refractivity contribution in [1.29, 1.82) is 0 Å². The molecule has 0 amide bonds. The SMILES string of the molecule is COc1ccc(CC(N)Cc2cccc(C)c2)cc1. The molecule has 2 N–H and O–H groups in total. The molecule has 100 valence electrons. The molecule has 0 aliphatic rings. The number of aryl methyl sites for hydroxylation is 1. The van der Waals surface area contributed by atoms with Crippen LogP contribution in [0.1, 0.15) is 16.7 Å². The van der Waals surface area contributed by atoms with Gasteiger partial charge in [-0.05, 0) is 43.0 Å². The number of hydrogen-bond acceptors (Lipinski definition) is 2. The van der Waals surface area contributed by atoms with Crippen LogP contribution in [0.15, 0.2) is 48.5 Å². The molecule has 0 aromatic heterocycles. The molecule has 2 nitrogen and oxygen atoms in total. The molecule has 2 rings (SSSR count). The first kappa shape index (κ1) is 13.6. The summed E-state index contributed by atoms with van der Waals surface area (Å²) in [7, 11) is 1.68. The maximum atomic E-state index is 6.23. The minimum absolute atomic E-state index is 0.148. The molecule has 1 atom stereocenters. The number of hydrogen-bond donors (Lipinski definition) is 1.